The van der Waals surface area contributed by atoms with E-state index in [-0.39, 0.29) is 5.92 Å². The van der Waals surface area contributed by atoms with Crippen molar-refractivity contribution in [2.75, 3.05) is 26.0 Å². The van der Waals surface area contributed by atoms with Gasteiger partial charge in [0, 0.05) is 24.2 Å². The number of carbonyl (C=O) groups is 1. The van der Waals surface area contributed by atoms with Gasteiger partial charge in [0.25, 0.3) is 0 Å². The highest BCUT2D eigenvalue weighted by Crippen LogP contribution is 2.44. The van der Waals surface area contributed by atoms with Crippen LogP contribution in [0.25, 0.3) is 17.2 Å². The molecule has 1 amide bonds. The van der Waals surface area contributed by atoms with Crippen LogP contribution in [0, 0.1) is 0 Å². The largest absolute Gasteiger partial charge is 0.497 e. The SMILES string of the molecule is COc1ccc(C=CCNC(=O)OCC2c3ccccc3-c3ccccc32)c(N)c1. The van der Waals surface area contributed by atoms with E-state index in [0.29, 0.717) is 24.6 Å². The number of nitrogens with one attached hydrogen (secondary N) is 1. The summed E-state index contributed by atoms with van der Waals surface area (Å²) < 4.78 is 10.7. The maximum Gasteiger partial charge on any atom is 0.407 e. The van der Waals surface area contributed by atoms with Gasteiger partial charge in [-0.2, -0.15) is 0 Å². The Morgan fingerprint density at radius 3 is 2.33 bits per heavy atom. The number of nitrogen functional groups attached to an aromatic ring is 1. The van der Waals surface area contributed by atoms with Crippen molar-refractivity contribution in [3.63, 3.8) is 0 Å². The minimum atomic E-state index is -0.441. The molecular weight excluding hydrogens is 376 g/mol. The summed E-state index contributed by atoms with van der Waals surface area (Å²) in [7, 11) is 1.60. The molecule has 0 spiro atoms. The zero-order valence-electron chi connectivity index (χ0n) is 16.8. The van der Waals surface area contributed by atoms with Gasteiger partial charge in [-0.1, -0.05) is 60.7 Å². The molecule has 5 nitrogen and oxygen atoms in total. The molecule has 0 aromatic heterocycles. The maximum absolute atomic E-state index is 12.2. The number of rotatable bonds is 6. The molecule has 0 heterocycles. The molecule has 0 radical (unpaired) electrons. The topological polar surface area (TPSA) is 73.6 Å². The Morgan fingerprint density at radius 2 is 1.70 bits per heavy atom. The first-order chi connectivity index (χ1) is 14.7. The lowest BCUT2D eigenvalue weighted by Gasteiger charge is -2.14. The van der Waals surface area contributed by atoms with E-state index in [1.165, 1.54) is 22.3 Å². The van der Waals surface area contributed by atoms with Gasteiger partial charge in [0.1, 0.15) is 12.4 Å². The highest BCUT2D eigenvalue weighted by atomic mass is 16.5. The Hall–Kier alpha value is -3.73. The monoisotopic (exact) mass is 400 g/mol. The predicted molar refractivity (Wildman–Crippen MR) is 120 cm³/mol. The van der Waals surface area contributed by atoms with Gasteiger partial charge in [0.2, 0.25) is 0 Å². The van der Waals surface area contributed by atoms with Crippen LogP contribution in [0.2, 0.25) is 0 Å². The van der Waals surface area contributed by atoms with E-state index in [4.69, 9.17) is 15.2 Å². The van der Waals surface area contributed by atoms with E-state index in [2.05, 4.69) is 29.6 Å². The van der Waals surface area contributed by atoms with E-state index < -0.39 is 6.09 Å². The zero-order valence-corrected chi connectivity index (χ0v) is 16.8. The smallest absolute Gasteiger partial charge is 0.407 e. The van der Waals surface area contributed by atoms with Gasteiger partial charge in [-0.3, -0.25) is 0 Å². The van der Waals surface area contributed by atoms with Gasteiger partial charge in [0.05, 0.1) is 7.11 Å². The van der Waals surface area contributed by atoms with Crippen molar-refractivity contribution in [2.45, 2.75) is 5.92 Å². The van der Waals surface area contributed by atoms with Crippen molar-refractivity contribution in [1.29, 1.82) is 0 Å². The summed E-state index contributed by atoms with van der Waals surface area (Å²) in [4.78, 5) is 12.2. The molecule has 4 rings (SSSR count). The Bertz CT molecular complexity index is 1050. The fraction of sp³-hybridized carbons (Fsp3) is 0.160. The highest BCUT2D eigenvalue weighted by Gasteiger charge is 2.28. The molecule has 5 heteroatoms. The summed E-state index contributed by atoms with van der Waals surface area (Å²) in [6.45, 7) is 0.650. The molecule has 0 atom stereocenters. The molecule has 0 unspecified atom stereocenters. The van der Waals surface area contributed by atoms with Gasteiger partial charge in [-0.15, -0.1) is 0 Å². The first kappa shape index (κ1) is 19.6. The van der Waals surface area contributed by atoms with Crippen LogP contribution in [-0.2, 0) is 4.74 Å². The van der Waals surface area contributed by atoms with Crippen LogP contribution in [0.1, 0.15) is 22.6 Å². The Morgan fingerprint density at radius 1 is 1.03 bits per heavy atom. The number of hydrogen-bond donors (Lipinski definition) is 2. The molecule has 30 heavy (non-hydrogen) atoms. The molecule has 0 bridgehead atoms. The van der Waals surface area contributed by atoms with Crippen LogP contribution >= 0.6 is 0 Å². The van der Waals surface area contributed by atoms with Gasteiger partial charge in [0.15, 0.2) is 0 Å². The first-order valence-corrected chi connectivity index (χ1v) is 9.86. The molecule has 152 valence electrons. The van der Waals surface area contributed by atoms with E-state index >= 15 is 0 Å². The Kier molecular flexibility index (Phi) is 5.70. The molecule has 3 aromatic rings. The molecule has 0 saturated carbocycles. The van der Waals surface area contributed by atoms with Crippen LogP contribution in [-0.4, -0.2) is 26.4 Å². The van der Waals surface area contributed by atoms with E-state index in [1.807, 2.05) is 48.6 Å². The molecule has 0 fully saturated rings. The van der Waals surface area contributed by atoms with Crippen molar-refractivity contribution < 1.29 is 14.3 Å². The summed E-state index contributed by atoms with van der Waals surface area (Å²) in [5.41, 5.74) is 12.3. The number of hydrogen-bond acceptors (Lipinski definition) is 4. The summed E-state index contributed by atoms with van der Waals surface area (Å²) in [6.07, 6.45) is 3.25. The number of alkyl carbamates (subject to hydrolysis) is 1. The van der Waals surface area contributed by atoms with Crippen LogP contribution in [0.3, 0.4) is 0 Å². The summed E-state index contributed by atoms with van der Waals surface area (Å²) in [5, 5.41) is 2.75. The van der Waals surface area contributed by atoms with Crippen molar-refractivity contribution in [3.05, 3.63) is 89.5 Å². The summed E-state index contributed by atoms with van der Waals surface area (Å²) in [5.74, 6) is 0.763. The third-order valence-corrected chi connectivity index (χ3v) is 5.30. The van der Waals surface area contributed by atoms with Gasteiger partial charge >= 0.3 is 6.09 Å². The van der Waals surface area contributed by atoms with Gasteiger partial charge < -0.3 is 20.5 Å². The molecule has 1 aliphatic rings. The van der Waals surface area contributed by atoms with Crippen molar-refractivity contribution in [2.24, 2.45) is 0 Å². The fourth-order valence-corrected chi connectivity index (χ4v) is 3.81. The highest BCUT2D eigenvalue weighted by molar-refractivity contribution is 5.79. The van der Waals surface area contributed by atoms with Crippen LogP contribution in [0.4, 0.5) is 10.5 Å². The first-order valence-electron chi connectivity index (χ1n) is 9.86. The maximum atomic E-state index is 12.2. The number of methoxy groups -OCH3 is 1. The second-order valence-electron chi connectivity index (χ2n) is 7.10. The average molecular weight is 400 g/mol. The lowest BCUT2D eigenvalue weighted by molar-refractivity contribution is 0.144. The van der Waals surface area contributed by atoms with Crippen LogP contribution in [0.5, 0.6) is 5.75 Å². The van der Waals surface area contributed by atoms with Crippen LogP contribution < -0.4 is 15.8 Å². The predicted octanol–water partition coefficient (Wildman–Crippen LogP) is 4.83. The number of amides is 1. The standard InChI is InChI=1S/C25H24N2O3/c1-29-18-13-12-17(24(26)15-18)7-6-14-27-25(28)30-16-23-21-10-4-2-8-19(21)20-9-3-5-11-22(20)23/h2-13,15,23H,14,16,26H2,1H3,(H,27,28). The van der Waals surface area contributed by atoms with Crippen molar-refractivity contribution in [3.8, 4) is 16.9 Å². The number of benzene rings is 3. The minimum absolute atomic E-state index is 0.0535. The number of anilines is 1. The third kappa shape index (κ3) is 4.01. The quantitative estimate of drug-likeness (QED) is 0.581. The summed E-state index contributed by atoms with van der Waals surface area (Å²) in [6, 6.07) is 22.0. The molecule has 1 aliphatic carbocycles. The lowest BCUT2D eigenvalue weighted by atomic mass is 9.98. The van der Waals surface area contributed by atoms with Gasteiger partial charge in [-0.05, 0) is 39.9 Å². The number of fused-ring (bicyclic) bond motifs is 3. The zero-order chi connectivity index (χ0) is 20.9. The van der Waals surface area contributed by atoms with E-state index in [0.717, 1.165) is 5.56 Å². The third-order valence-electron chi connectivity index (χ3n) is 5.30. The van der Waals surface area contributed by atoms with E-state index in [1.54, 1.807) is 13.2 Å². The lowest BCUT2D eigenvalue weighted by Crippen LogP contribution is -2.26. The summed E-state index contributed by atoms with van der Waals surface area (Å²) >= 11 is 0. The number of nitrogens with two attached hydrogens (primary N) is 1. The normalized spacial score (nSPS) is 12.4. The van der Waals surface area contributed by atoms with Crippen molar-refractivity contribution >= 4 is 17.9 Å². The Balaban J connectivity index is 1.32. The molecule has 3 N–H and O–H groups in total. The average Bonchev–Trinajstić information content (AvgIpc) is 3.10. The fourth-order valence-electron chi connectivity index (χ4n) is 3.81. The molecule has 0 aliphatic heterocycles. The van der Waals surface area contributed by atoms with Gasteiger partial charge in [-0.25, -0.2) is 4.79 Å². The molecular formula is C25H24N2O3. The Labute approximate surface area is 176 Å². The second-order valence-corrected chi connectivity index (χ2v) is 7.10. The number of carbonyl (C=O) groups excluding carboxylic acids is 1. The molecule has 0 saturated heterocycles. The van der Waals surface area contributed by atoms with E-state index in [9.17, 15) is 4.79 Å². The molecule has 3 aromatic carbocycles. The number of ether oxygens (including phenoxy) is 2. The minimum Gasteiger partial charge on any atom is -0.497 e. The van der Waals surface area contributed by atoms with Crippen molar-refractivity contribution in [1.82, 2.24) is 5.32 Å². The second kappa shape index (κ2) is 8.74. The van der Waals surface area contributed by atoms with Crippen LogP contribution in [0.15, 0.2) is 72.8 Å².